The molecule has 14 heavy (non-hydrogen) atoms. The van der Waals surface area contributed by atoms with Crippen LogP contribution >= 0.6 is 11.6 Å². The summed E-state index contributed by atoms with van der Waals surface area (Å²) < 4.78 is 4.99. The molecule has 0 fully saturated rings. The number of amides is 1. The highest BCUT2D eigenvalue weighted by Gasteiger charge is 2.15. The first-order valence-corrected chi connectivity index (χ1v) is 5.09. The van der Waals surface area contributed by atoms with Crippen LogP contribution in [0.1, 0.15) is 27.2 Å². The lowest BCUT2D eigenvalue weighted by Crippen LogP contribution is -2.34. The number of carbonyl (C=O) groups excluding carboxylic acids is 1. The van der Waals surface area contributed by atoms with Gasteiger partial charge in [-0.15, -0.1) is 11.6 Å². The van der Waals surface area contributed by atoms with E-state index >= 15 is 0 Å². The van der Waals surface area contributed by atoms with Gasteiger partial charge >= 0.3 is 6.09 Å². The van der Waals surface area contributed by atoms with Crippen molar-refractivity contribution in [3.05, 3.63) is 0 Å². The van der Waals surface area contributed by atoms with Crippen molar-refractivity contribution in [3.8, 4) is 0 Å². The molecule has 5 heteroatoms. The Labute approximate surface area is 89.6 Å². The molecule has 0 saturated carbocycles. The third-order valence-corrected chi connectivity index (χ3v) is 1.68. The molecule has 1 atom stereocenters. The lowest BCUT2D eigenvalue weighted by molar-refractivity contribution is 0.0520. The Kier molecular flexibility index (Phi) is 5.88. The number of nitrogens with one attached hydrogen (secondary N) is 1. The Morgan fingerprint density at radius 2 is 2.14 bits per heavy atom. The monoisotopic (exact) mass is 223 g/mol. The zero-order valence-corrected chi connectivity index (χ0v) is 9.60. The number of alkyl carbamates (subject to hydrolysis) is 1. The van der Waals surface area contributed by atoms with Crippen LogP contribution in [0.15, 0.2) is 0 Å². The second-order valence-electron chi connectivity index (χ2n) is 4.03. The Hall–Kier alpha value is -0.480. The van der Waals surface area contributed by atoms with Crippen LogP contribution in [0.3, 0.4) is 0 Å². The van der Waals surface area contributed by atoms with Crippen LogP contribution in [-0.4, -0.2) is 35.3 Å². The summed E-state index contributed by atoms with van der Waals surface area (Å²) in [5, 5.41) is 11.6. The lowest BCUT2D eigenvalue weighted by atomic mass is 10.2. The molecule has 0 spiro atoms. The van der Waals surface area contributed by atoms with E-state index in [0.717, 1.165) is 0 Å². The van der Waals surface area contributed by atoms with Crippen molar-refractivity contribution in [1.82, 2.24) is 5.32 Å². The van der Waals surface area contributed by atoms with Crippen molar-refractivity contribution in [2.45, 2.75) is 38.9 Å². The Balaban J connectivity index is 3.55. The van der Waals surface area contributed by atoms with Gasteiger partial charge in [-0.25, -0.2) is 4.79 Å². The van der Waals surface area contributed by atoms with Gasteiger partial charge in [-0.05, 0) is 27.2 Å². The van der Waals surface area contributed by atoms with Gasteiger partial charge in [-0.3, -0.25) is 0 Å². The number of aliphatic hydroxyl groups excluding tert-OH is 1. The van der Waals surface area contributed by atoms with Gasteiger partial charge in [-0.2, -0.15) is 0 Å². The SMILES string of the molecule is CC(C)(C)OC(=O)NCC[C@H](O)CCl. The van der Waals surface area contributed by atoms with E-state index in [2.05, 4.69) is 5.32 Å². The fourth-order valence-electron chi connectivity index (χ4n) is 0.732. The highest BCUT2D eigenvalue weighted by atomic mass is 35.5. The number of halogens is 1. The minimum absolute atomic E-state index is 0.177. The van der Waals surface area contributed by atoms with Crippen LogP contribution < -0.4 is 5.32 Å². The summed E-state index contributed by atoms with van der Waals surface area (Å²) in [7, 11) is 0. The summed E-state index contributed by atoms with van der Waals surface area (Å²) in [5.41, 5.74) is -0.491. The van der Waals surface area contributed by atoms with Crippen LogP contribution in [0.5, 0.6) is 0 Å². The Bertz CT molecular complexity index is 179. The summed E-state index contributed by atoms with van der Waals surface area (Å²) in [4.78, 5) is 11.1. The zero-order valence-electron chi connectivity index (χ0n) is 8.84. The third-order valence-electron chi connectivity index (χ3n) is 1.32. The molecule has 0 aromatic carbocycles. The summed E-state index contributed by atoms with van der Waals surface area (Å²) in [6.45, 7) is 5.74. The van der Waals surface area contributed by atoms with E-state index in [1.807, 2.05) is 0 Å². The first kappa shape index (κ1) is 13.5. The van der Waals surface area contributed by atoms with Crippen molar-refractivity contribution >= 4 is 17.7 Å². The van der Waals surface area contributed by atoms with Crippen molar-refractivity contribution in [3.63, 3.8) is 0 Å². The molecular formula is C9H18ClNO3. The molecule has 0 aromatic rings. The van der Waals surface area contributed by atoms with E-state index in [-0.39, 0.29) is 5.88 Å². The maximum Gasteiger partial charge on any atom is 0.407 e. The van der Waals surface area contributed by atoms with Crippen molar-refractivity contribution < 1.29 is 14.6 Å². The van der Waals surface area contributed by atoms with E-state index in [1.54, 1.807) is 20.8 Å². The van der Waals surface area contributed by atoms with E-state index in [0.29, 0.717) is 13.0 Å². The quantitative estimate of drug-likeness (QED) is 0.711. The Morgan fingerprint density at radius 3 is 2.57 bits per heavy atom. The molecule has 0 radical (unpaired) electrons. The predicted molar refractivity (Wildman–Crippen MR) is 55.6 cm³/mol. The molecule has 2 N–H and O–H groups in total. The molecule has 0 aliphatic carbocycles. The maximum atomic E-state index is 11.1. The van der Waals surface area contributed by atoms with Crippen LogP contribution in [0.25, 0.3) is 0 Å². The number of hydrogen-bond donors (Lipinski definition) is 2. The van der Waals surface area contributed by atoms with Crippen LogP contribution in [0.4, 0.5) is 4.79 Å². The smallest absolute Gasteiger partial charge is 0.407 e. The third kappa shape index (κ3) is 8.13. The molecule has 0 aliphatic heterocycles. The molecule has 4 nitrogen and oxygen atoms in total. The molecule has 1 amide bonds. The van der Waals surface area contributed by atoms with E-state index in [4.69, 9.17) is 21.4 Å². The topological polar surface area (TPSA) is 58.6 Å². The highest BCUT2D eigenvalue weighted by molar-refractivity contribution is 6.18. The van der Waals surface area contributed by atoms with Gasteiger partial charge in [0.05, 0.1) is 6.10 Å². The average molecular weight is 224 g/mol. The summed E-state index contributed by atoms with van der Waals surface area (Å²) >= 11 is 5.38. The number of ether oxygens (including phenoxy) is 1. The van der Waals surface area contributed by atoms with Crippen molar-refractivity contribution in [1.29, 1.82) is 0 Å². The molecule has 0 unspecified atom stereocenters. The minimum atomic E-state index is -0.577. The number of hydrogen-bond acceptors (Lipinski definition) is 3. The fourth-order valence-corrected chi connectivity index (χ4v) is 0.886. The second-order valence-corrected chi connectivity index (χ2v) is 4.33. The fraction of sp³-hybridized carbons (Fsp3) is 0.889. The maximum absolute atomic E-state index is 11.1. The van der Waals surface area contributed by atoms with Gasteiger partial charge < -0.3 is 15.2 Å². The van der Waals surface area contributed by atoms with Gasteiger partial charge in [0.15, 0.2) is 0 Å². The van der Waals surface area contributed by atoms with Crippen LogP contribution in [-0.2, 0) is 4.74 Å². The summed E-state index contributed by atoms with van der Waals surface area (Å²) in [6.07, 6.45) is -0.617. The average Bonchev–Trinajstić information content (AvgIpc) is 2.00. The van der Waals surface area contributed by atoms with Crippen LogP contribution in [0, 0.1) is 0 Å². The molecule has 0 aliphatic rings. The van der Waals surface area contributed by atoms with E-state index in [1.165, 1.54) is 0 Å². The number of carbonyl (C=O) groups is 1. The number of aliphatic hydroxyl groups is 1. The largest absolute Gasteiger partial charge is 0.444 e. The van der Waals surface area contributed by atoms with Crippen LogP contribution in [0.2, 0.25) is 0 Å². The van der Waals surface area contributed by atoms with Gasteiger partial charge in [0.25, 0.3) is 0 Å². The van der Waals surface area contributed by atoms with Crippen molar-refractivity contribution in [2.75, 3.05) is 12.4 Å². The molecule has 84 valence electrons. The zero-order chi connectivity index (χ0) is 11.2. The molecule has 0 rings (SSSR count). The highest BCUT2D eigenvalue weighted by Crippen LogP contribution is 2.06. The van der Waals surface area contributed by atoms with Gasteiger partial charge in [0.1, 0.15) is 5.60 Å². The molecular weight excluding hydrogens is 206 g/mol. The van der Waals surface area contributed by atoms with Crippen molar-refractivity contribution in [2.24, 2.45) is 0 Å². The molecule has 0 aromatic heterocycles. The standard InChI is InChI=1S/C9H18ClNO3/c1-9(2,3)14-8(13)11-5-4-7(12)6-10/h7,12H,4-6H2,1-3H3,(H,11,13)/t7-/m0/s1. The molecule has 0 heterocycles. The minimum Gasteiger partial charge on any atom is -0.444 e. The van der Waals surface area contributed by atoms with Gasteiger partial charge in [0, 0.05) is 12.4 Å². The normalized spacial score (nSPS) is 13.5. The lowest BCUT2D eigenvalue weighted by Gasteiger charge is -2.19. The number of rotatable bonds is 4. The summed E-state index contributed by atoms with van der Waals surface area (Å²) in [6, 6.07) is 0. The van der Waals surface area contributed by atoms with Gasteiger partial charge in [-0.1, -0.05) is 0 Å². The van der Waals surface area contributed by atoms with E-state index in [9.17, 15) is 4.79 Å². The van der Waals surface area contributed by atoms with E-state index < -0.39 is 17.8 Å². The molecule has 0 saturated heterocycles. The second kappa shape index (κ2) is 6.09. The summed E-state index contributed by atoms with van der Waals surface area (Å²) in [5.74, 6) is 0.177. The van der Waals surface area contributed by atoms with Gasteiger partial charge in [0.2, 0.25) is 0 Å². The molecule has 0 bridgehead atoms. The first-order chi connectivity index (χ1) is 6.35. The Morgan fingerprint density at radius 1 is 1.57 bits per heavy atom. The predicted octanol–water partition coefficient (Wildman–Crippen LogP) is 1.50. The number of alkyl halides is 1. The first-order valence-electron chi connectivity index (χ1n) is 4.56.